The highest BCUT2D eigenvalue weighted by molar-refractivity contribution is 8.13. The molecule has 1 N–H and O–H groups in total. The Morgan fingerprint density at radius 2 is 2.67 bits per heavy atom. The summed E-state index contributed by atoms with van der Waals surface area (Å²) in [7, 11) is 0. The van der Waals surface area contributed by atoms with Crippen LogP contribution in [0.3, 0.4) is 0 Å². The Balaban J connectivity index is 1.82. The SMILES string of the molecule is c1snnc1CSC1=NCCN1. The van der Waals surface area contributed by atoms with E-state index >= 15 is 0 Å². The smallest absolute Gasteiger partial charge is 0.157 e. The van der Waals surface area contributed by atoms with Crippen LogP contribution in [0.1, 0.15) is 5.69 Å². The predicted octanol–water partition coefficient (Wildman–Crippen LogP) is 0.730. The zero-order valence-electron chi connectivity index (χ0n) is 6.36. The summed E-state index contributed by atoms with van der Waals surface area (Å²) in [4.78, 5) is 4.26. The Bertz CT molecular complexity index is 269. The first-order valence-corrected chi connectivity index (χ1v) is 5.44. The minimum atomic E-state index is 0.863. The van der Waals surface area contributed by atoms with E-state index in [2.05, 4.69) is 19.9 Å². The van der Waals surface area contributed by atoms with E-state index < -0.39 is 0 Å². The van der Waals surface area contributed by atoms with Crippen LogP contribution in [0, 0.1) is 0 Å². The largest absolute Gasteiger partial charge is 0.363 e. The lowest BCUT2D eigenvalue weighted by molar-refractivity contribution is 0.963. The van der Waals surface area contributed by atoms with E-state index in [-0.39, 0.29) is 0 Å². The van der Waals surface area contributed by atoms with Gasteiger partial charge in [-0.3, -0.25) is 4.99 Å². The summed E-state index contributed by atoms with van der Waals surface area (Å²) in [6.45, 7) is 1.87. The lowest BCUT2D eigenvalue weighted by Gasteiger charge is -1.97. The average Bonchev–Trinajstić information content (AvgIpc) is 2.74. The minimum Gasteiger partial charge on any atom is -0.363 e. The molecular weight excluding hydrogens is 192 g/mol. The Kier molecular flexibility index (Phi) is 2.57. The molecule has 12 heavy (non-hydrogen) atoms. The molecule has 0 radical (unpaired) electrons. The molecule has 2 heterocycles. The number of nitrogens with zero attached hydrogens (tertiary/aromatic N) is 3. The quantitative estimate of drug-likeness (QED) is 0.764. The molecule has 1 aromatic heterocycles. The van der Waals surface area contributed by atoms with Gasteiger partial charge in [-0.2, -0.15) is 0 Å². The molecule has 6 heteroatoms. The van der Waals surface area contributed by atoms with Crippen molar-refractivity contribution in [2.45, 2.75) is 5.75 Å². The molecule has 4 nitrogen and oxygen atoms in total. The highest BCUT2D eigenvalue weighted by atomic mass is 32.2. The summed E-state index contributed by atoms with van der Waals surface area (Å²) in [5.74, 6) is 0.863. The van der Waals surface area contributed by atoms with Gasteiger partial charge in [0.25, 0.3) is 0 Å². The Morgan fingerprint density at radius 1 is 1.67 bits per heavy atom. The molecular formula is C6H8N4S2. The third-order valence-corrected chi connectivity index (χ3v) is 2.95. The van der Waals surface area contributed by atoms with Crippen molar-refractivity contribution >= 4 is 28.5 Å². The zero-order chi connectivity index (χ0) is 8.23. The van der Waals surface area contributed by atoms with Crippen LogP contribution < -0.4 is 5.32 Å². The van der Waals surface area contributed by atoms with Crippen molar-refractivity contribution in [3.05, 3.63) is 11.1 Å². The van der Waals surface area contributed by atoms with E-state index in [0.717, 1.165) is 29.7 Å². The highest BCUT2D eigenvalue weighted by Crippen LogP contribution is 2.12. The van der Waals surface area contributed by atoms with Crippen LogP contribution in [0.2, 0.25) is 0 Å². The molecule has 0 spiro atoms. The van der Waals surface area contributed by atoms with Crippen molar-refractivity contribution < 1.29 is 0 Å². The molecule has 0 saturated heterocycles. The van der Waals surface area contributed by atoms with Crippen molar-refractivity contribution in [1.29, 1.82) is 0 Å². The zero-order valence-corrected chi connectivity index (χ0v) is 7.99. The summed E-state index contributed by atoms with van der Waals surface area (Å²) in [5, 5.41) is 10.1. The monoisotopic (exact) mass is 200 g/mol. The van der Waals surface area contributed by atoms with Gasteiger partial charge in [0.15, 0.2) is 5.17 Å². The van der Waals surface area contributed by atoms with Crippen LogP contribution in [0.4, 0.5) is 0 Å². The van der Waals surface area contributed by atoms with E-state index in [1.54, 1.807) is 11.8 Å². The van der Waals surface area contributed by atoms with Gasteiger partial charge in [-0.15, -0.1) is 5.10 Å². The summed E-state index contributed by atoms with van der Waals surface area (Å²) >= 11 is 3.07. The van der Waals surface area contributed by atoms with Gasteiger partial charge < -0.3 is 5.32 Å². The summed E-state index contributed by atoms with van der Waals surface area (Å²) in [6, 6.07) is 0. The average molecular weight is 200 g/mol. The lowest BCUT2D eigenvalue weighted by Crippen LogP contribution is -2.15. The molecule has 0 aromatic carbocycles. The second-order valence-corrected chi connectivity index (χ2v) is 3.87. The molecule has 1 aliphatic rings. The summed E-state index contributed by atoms with van der Waals surface area (Å²) in [6.07, 6.45) is 0. The number of thioether (sulfide) groups is 1. The second-order valence-electron chi connectivity index (χ2n) is 2.30. The molecule has 0 aliphatic carbocycles. The number of hydrogen-bond donors (Lipinski definition) is 1. The molecule has 0 fully saturated rings. The van der Waals surface area contributed by atoms with Gasteiger partial charge in [0.1, 0.15) is 0 Å². The van der Waals surface area contributed by atoms with Gasteiger partial charge >= 0.3 is 0 Å². The highest BCUT2D eigenvalue weighted by Gasteiger charge is 2.06. The number of amidine groups is 1. The molecule has 0 unspecified atom stereocenters. The molecule has 1 aliphatic heterocycles. The first-order valence-electron chi connectivity index (χ1n) is 3.62. The maximum Gasteiger partial charge on any atom is 0.157 e. The predicted molar refractivity (Wildman–Crippen MR) is 51.5 cm³/mol. The third kappa shape index (κ3) is 1.95. The van der Waals surface area contributed by atoms with Gasteiger partial charge in [0.05, 0.1) is 12.2 Å². The van der Waals surface area contributed by atoms with Crippen LogP contribution in [-0.2, 0) is 5.75 Å². The summed E-state index contributed by atoms with van der Waals surface area (Å²) in [5.41, 5.74) is 1.03. The molecule has 0 bridgehead atoms. The fraction of sp³-hybridized carbons (Fsp3) is 0.500. The van der Waals surface area contributed by atoms with Crippen LogP contribution in [0.15, 0.2) is 10.4 Å². The second kappa shape index (κ2) is 3.86. The number of aliphatic imine (C=N–C) groups is 1. The first-order chi connectivity index (χ1) is 5.95. The van der Waals surface area contributed by atoms with E-state index in [4.69, 9.17) is 0 Å². The molecule has 64 valence electrons. The first kappa shape index (κ1) is 8.00. The fourth-order valence-corrected chi connectivity index (χ4v) is 2.23. The van der Waals surface area contributed by atoms with Crippen molar-refractivity contribution in [2.24, 2.45) is 4.99 Å². The van der Waals surface area contributed by atoms with Gasteiger partial charge in [-0.1, -0.05) is 16.3 Å². The Hall–Kier alpha value is -0.620. The van der Waals surface area contributed by atoms with E-state index in [9.17, 15) is 0 Å². The van der Waals surface area contributed by atoms with Gasteiger partial charge in [0, 0.05) is 17.7 Å². The Labute approximate surface area is 78.6 Å². The minimum absolute atomic E-state index is 0.863. The number of aromatic nitrogens is 2. The number of hydrogen-bond acceptors (Lipinski definition) is 6. The van der Waals surface area contributed by atoms with Crippen molar-refractivity contribution in [2.75, 3.05) is 13.1 Å². The van der Waals surface area contributed by atoms with Gasteiger partial charge in [-0.05, 0) is 11.5 Å². The maximum atomic E-state index is 4.26. The van der Waals surface area contributed by atoms with Crippen LogP contribution in [0.5, 0.6) is 0 Å². The molecule has 0 saturated carbocycles. The fourth-order valence-electron chi connectivity index (χ4n) is 0.862. The standard InChI is InChI=1S/C6H8N4S2/c1-2-8-6(7-1)11-3-5-4-12-10-9-5/h4H,1-3H2,(H,7,8). The van der Waals surface area contributed by atoms with Crippen molar-refractivity contribution in [3.8, 4) is 0 Å². The van der Waals surface area contributed by atoms with Crippen molar-refractivity contribution in [1.82, 2.24) is 14.9 Å². The van der Waals surface area contributed by atoms with Gasteiger partial charge in [0.2, 0.25) is 0 Å². The van der Waals surface area contributed by atoms with E-state index in [1.807, 2.05) is 5.38 Å². The topological polar surface area (TPSA) is 50.2 Å². The van der Waals surface area contributed by atoms with Crippen LogP contribution in [0.25, 0.3) is 0 Å². The summed E-state index contributed by atoms with van der Waals surface area (Å²) < 4.78 is 3.79. The Morgan fingerprint density at radius 3 is 3.33 bits per heavy atom. The third-order valence-electron chi connectivity index (χ3n) is 1.41. The van der Waals surface area contributed by atoms with Gasteiger partial charge in [-0.25, -0.2) is 0 Å². The number of rotatable bonds is 2. The van der Waals surface area contributed by atoms with E-state index in [0.29, 0.717) is 0 Å². The molecule has 2 rings (SSSR count). The number of nitrogens with one attached hydrogen (secondary N) is 1. The molecule has 0 atom stereocenters. The molecule has 0 amide bonds. The van der Waals surface area contributed by atoms with Crippen LogP contribution >= 0.6 is 23.3 Å². The normalized spacial score (nSPS) is 15.8. The van der Waals surface area contributed by atoms with Crippen LogP contribution in [-0.4, -0.2) is 27.8 Å². The van der Waals surface area contributed by atoms with Crippen molar-refractivity contribution in [3.63, 3.8) is 0 Å². The maximum absolute atomic E-state index is 4.26. The lowest BCUT2D eigenvalue weighted by atomic mass is 10.6. The molecule has 1 aromatic rings. The van der Waals surface area contributed by atoms with E-state index in [1.165, 1.54) is 11.5 Å².